The smallest absolute Gasteiger partial charge is 0.233 e. The van der Waals surface area contributed by atoms with Crippen LogP contribution in [0, 0.1) is 35.0 Å². The van der Waals surface area contributed by atoms with Gasteiger partial charge in [-0.2, -0.15) is 0 Å². The number of hydrogen-bond donors (Lipinski definition) is 2. The molecule has 1 heterocycles. The Morgan fingerprint density at radius 2 is 1.79 bits per heavy atom. The summed E-state index contributed by atoms with van der Waals surface area (Å²) in [7, 11) is 1.80. The average Bonchev–Trinajstić information content (AvgIpc) is 3.22. The molecule has 4 unspecified atom stereocenters. The summed E-state index contributed by atoms with van der Waals surface area (Å²) in [6.45, 7) is 2.24. The maximum absolute atomic E-state index is 12.7. The molecule has 0 aromatic carbocycles. The van der Waals surface area contributed by atoms with Gasteiger partial charge >= 0.3 is 0 Å². The van der Waals surface area contributed by atoms with Crippen LogP contribution >= 0.6 is 24.0 Å². The van der Waals surface area contributed by atoms with Gasteiger partial charge in [0.2, 0.25) is 11.8 Å². The van der Waals surface area contributed by atoms with Gasteiger partial charge in [-0.05, 0) is 61.7 Å². The molecule has 0 aromatic heterocycles. The molecule has 2 bridgehead atoms. The first-order valence-electron chi connectivity index (χ1n) is 11.1. The fourth-order valence-corrected chi connectivity index (χ4v) is 6.16. The van der Waals surface area contributed by atoms with Gasteiger partial charge in [0.15, 0.2) is 5.96 Å². The molecule has 2 amide bonds. The van der Waals surface area contributed by atoms with Crippen LogP contribution in [0.3, 0.4) is 0 Å². The van der Waals surface area contributed by atoms with Crippen molar-refractivity contribution in [1.29, 1.82) is 0 Å². The van der Waals surface area contributed by atoms with Gasteiger partial charge in [0.25, 0.3) is 0 Å². The molecule has 2 N–H and O–H groups in total. The van der Waals surface area contributed by atoms with Gasteiger partial charge in [0.1, 0.15) is 0 Å². The first-order chi connectivity index (χ1) is 13.6. The predicted molar refractivity (Wildman–Crippen MR) is 123 cm³/mol. The summed E-state index contributed by atoms with van der Waals surface area (Å²) in [5, 5.41) is 6.88. The maximum Gasteiger partial charge on any atom is 0.233 e. The number of likely N-dealkylation sites (tertiary alicyclic amines) is 1. The molecule has 4 aliphatic carbocycles. The summed E-state index contributed by atoms with van der Waals surface area (Å²) in [5.41, 5.74) is 0.511. The van der Waals surface area contributed by atoms with Gasteiger partial charge in [0.05, 0.1) is 11.8 Å². The van der Waals surface area contributed by atoms with Crippen LogP contribution < -0.4 is 10.6 Å². The van der Waals surface area contributed by atoms with Gasteiger partial charge in [-0.25, -0.2) is 0 Å². The number of guanidine groups is 1. The Balaban J connectivity index is 0.00000205. The second-order valence-corrected chi connectivity index (χ2v) is 9.52. The van der Waals surface area contributed by atoms with Crippen LogP contribution in [0.4, 0.5) is 0 Å². The van der Waals surface area contributed by atoms with Crippen molar-refractivity contribution in [2.45, 2.75) is 44.9 Å². The van der Waals surface area contributed by atoms with Crippen molar-refractivity contribution in [2.75, 3.05) is 26.7 Å². The van der Waals surface area contributed by atoms with Gasteiger partial charge < -0.3 is 10.6 Å². The number of amides is 2. The van der Waals surface area contributed by atoms with Crippen molar-refractivity contribution in [1.82, 2.24) is 15.5 Å². The van der Waals surface area contributed by atoms with Gasteiger partial charge in [0, 0.05) is 26.7 Å². The number of aliphatic imine (C=N–C) groups is 1. The van der Waals surface area contributed by atoms with Crippen molar-refractivity contribution in [3.8, 4) is 0 Å². The average molecular weight is 512 g/mol. The Morgan fingerprint density at radius 1 is 1.14 bits per heavy atom. The molecule has 6 nitrogen and oxygen atoms in total. The Hall–Kier alpha value is -1.12. The van der Waals surface area contributed by atoms with Gasteiger partial charge in [-0.3, -0.25) is 19.5 Å². The number of rotatable bonds is 7. The van der Waals surface area contributed by atoms with Gasteiger partial charge in [-0.15, -0.1) is 24.0 Å². The number of fused-ring (bicyclic) bond motifs is 5. The van der Waals surface area contributed by atoms with E-state index in [0.717, 1.165) is 31.3 Å². The fraction of sp³-hybridized carbons (Fsp3) is 0.773. The Labute approximate surface area is 190 Å². The number of carbonyl (C=O) groups excluding carboxylic acids is 2. The summed E-state index contributed by atoms with van der Waals surface area (Å²) in [4.78, 5) is 31.3. The summed E-state index contributed by atoms with van der Waals surface area (Å²) in [6.07, 6.45) is 12.9. The van der Waals surface area contributed by atoms with Crippen LogP contribution in [0.15, 0.2) is 17.1 Å². The van der Waals surface area contributed by atoms with Crippen LogP contribution in [-0.2, 0) is 9.59 Å². The molecule has 1 aliphatic heterocycles. The summed E-state index contributed by atoms with van der Waals surface area (Å²) < 4.78 is 0. The van der Waals surface area contributed by atoms with E-state index >= 15 is 0 Å². The first-order valence-corrected chi connectivity index (χ1v) is 11.1. The molecular weight excluding hydrogens is 479 g/mol. The van der Waals surface area contributed by atoms with Crippen LogP contribution in [0.5, 0.6) is 0 Å². The number of hydrogen-bond acceptors (Lipinski definition) is 3. The van der Waals surface area contributed by atoms with Crippen molar-refractivity contribution in [3.63, 3.8) is 0 Å². The quantitative estimate of drug-likeness (QED) is 0.137. The topological polar surface area (TPSA) is 73.8 Å². The van der Waals surface area contributed by atoms with E-state index < -0.39 is 0 Å². The van der Waals surface area contributed by atoms with Crippen molar-refractivity contribution < 1.29 is 9.59 Å². The maximum atomic E-state index is 12.7. The van der Waals surface area contributed by atoms with Crippen LogP contribution in [0.25, 0.3) is 0 Å². The summed E-state index contributed by atoms with van der Waals surface area (Å²) in [5.74, 6) is 2.31. The lowest BCUT2D eigenvalue weighted by molar-refractivity contribution is -0.140. The monoisotopic (exact) mass is 512 g/mol. The second-order valence-electron chi connectivity index (χ2n) is 9.52. The Morgan fingerprint density at radius 3 is 2.31 bits per heavy atom. The minimum Gasteiger partial charge on any atom is -0.356 e. The lowest BCUT2D eigenvalue weighted by atomic mass is 9.65. The van der Waals surface area contributed by atoms with E-state index in [0.29, 0.717) is 30.3 Å². The molecule has 4 atom stereocenters. The number of carbonyl (C=O) groups is 2. The largest absolute Gasteiger partial charge is 0.356 e. The molecule has 0 aromatic rings. The minimum absolute atomic E-state index is 0. The lowest BCUT2D eigenvalue weighted by Gasteiger charge is -2.43. The molecule has 5 rings (SSSR count). The number of nitrogens with zero attached hydrogens (tertiary/aromatic N) is 2. The molecule has 5 aliphatic rings. The predicted octanol–water partition coefficient (Wildman–Crippen LogP) is 2.55. The third-order valence-electron chi connectivity index (χ3n) is 8.04. The van der Waals surface area contributed by atoms with E-state index in [1.54, 1.807) is 7.05 Å². The molecular formula is C22H33IN4O2. The highest BCUT2D eigenvalue weighted by atomic mass is 127. The molecule has 7 heteroatoms. The van der Waals surface area contributed by atoms with Gasteiger partial charge in [-0.1, -0.05) is 18.6 Å². The SMILES string of the molecule is CN=C(NCCCN1C(=O)C2C3C=CC(C3)C2C1=O)NCC1(C2CC2)CCC1.I. The second kappa shape index (κ2) is 8.19. The third-order valence-corrected chi connectivity index (χ3v) is 8.04. The highest BCUT2D eigenvalue weighted by molar-refractivity contribution is 14.0. The summed E-state index contributed by atoms with van der Waals surface area (Å²) >= 11 is 0. The van der Waals surface area contributed by atoms with Crippen LogP contribution in [-0.4, -0.2) is 49.4 Å². The zero-order chi connectivity index (χ0) is 19.3. The standard InChI is InChI=1S/C22H32N4O2.HI/c1-23-21(25-13-22(8-2-9-22)16-6-7-16)24-10-3-11-26-19(27)17-14-4-5-15(12-14)18(17)20(26)28;/h4-5,14-18H,2-3,6-13H2,1H3,(H2,23,24,25);1H. The number of allylic oxidation sites excluding steroid dienone is 2. The van der Waals surface area contributed by atoms with E-state index in [9.17, 15) is 9.59 Å². The van der Waals surface area contributed by atoms with Crippen LogP contribution in [0.2, 0.25) is 0 Å². The van der Waals surface area contributed by atoms with E-state index in [2.05, 4.69) is 27.8 Å². The minimum atomic E-state index is -0.0778. The molecule has 29 heavy (non-hydrogen) atoms. The zero-order valence-corrected chi connectivity index (χ0v) is 19.6. The van der Waals surface area contributed by atoms with Crippen molar-refractivity contribution in [2.24, 2.45) is 40.0 Å². The van der Waals surface area contributed by atoms with E-state index in [4.69, 9.17) is 0 Å². The van der Waals surface area contributed by atoms with E-state index in [1.807, 2.05) is 0 Å². The number of imide groups is 1. The zero-order valence-electron chi connectivity index (χ0n) is 17.2. The molecule has 4 fully saturated rings. The normalized spacial score (nSPS) is 34.1. The Kier molecular flexibility index (Phi) is 5.97. The molecule has 0 radical (unpaired) electrons. The Bertz CT molecular complexity index is 698. The summed E-state index contributed by atoms with van der Waals surface area (Å²) in [6, 6.07) is 0. The highest BCUT2D eigenvalue weighted by Crippen LogP contribution is 2.56. The van der Waals surface area contributed by atoms with E-state index in [-0.39, 0.29) is 47.6 Å². The molecule has 160 valence electrons. The number of halogens is 1. The lowest BCUT2D eigenvalue weighted by Crippen LogP contribution is -2.48. The van der Waals surface area contributed by atoms with Crippen molar-refractivity contribution >= 4 is 41.8 Å². The van der Waals surface area contributed by atoms with E-state index in [1.165, 1.54) is 37.0 Å². The molecule has 3 saturated carbocycles. The number of nitrogens with one attached hydrogen (secondary N) is 2. The third kappa shape index (κ3) is 3.61. The van der Waals surface area contributed by atoms with Crippen LogP contribution in [0.1, 0.15) is 44.9 Å². The fourth-order valence-electron chi connectivity index (χ4n) is 6.16. The molecule has 1 saturated heterocycles. The van der Waals surface area contributed by atoms with Crippen molar-refractivity contribution in [3.05, 3.63) is 12.2 Å². The first kappa shape index (κ1) is 21.1. The molecule has 0 spiro atoms. The highest BCUT2D eigenvalue weighted by Gasteiger charge is 2.58.